The molecule has 1 aromatic heterocycles. The van der Waals surface area contributed by atoms with Crippen molar-refractivity contribution in [3.8, 4) is 17.0 Å². The third kappa shape index (κ3) is 8.64. The van der Waals surface area contributed by atoms with Crippen molar-refractivity contribution >= 4 is 29.7 Å². The summed E-state index contributed by atoms with van der Waals surface area (Å²) in [6.45, 7) is 3.45. The molecule has 1 fully saturated rings. The summed E-state index contributed by atoms with van der Waals surface area (Å²) >= 11 is 1.06. The highest BCUT2D eigenvalue weighted by atomic mass is 32.2. The minimum Gasteiger partial charge on any atom is -0.497 e. The molecule has 50 heavy (non-hydrogen) atoms. The molecule has 266 valence electrons. The Hall–Kier alpha value is -4.87. The Bertz CT molecular complexity index is 1760. The Morgan fingerprint density at radius 1 is 0.980 bits per heavy atom. The van der Waals surface area contributed by atoms with Crippen LogP contribution in [0.5, 0.6) is 5.75 Å². The average molecular weight is 719 g/mol. The number of aliphatic hydroxyl groups is 1. The van der Waals surface area contributed by atoms with Crippen LogP contribution in [0.25, 0.3) is 11.3 Å². The van der Waals surface area contributed by atoms with Gasteiger partial charge in [-0.1, -0.05) is 29.1 Å². The number of rotatable bonds is 11. The summed E-state index contributed by atoms with van der Waals surface area (Å²) < 4.78 is 71.1. The van der Waals surface area contributed by atoms with E-state index in [2.05, 4.69) is 10.3 Å². The number of methoxy groups -OCH3 is 1. The number of aliphatic hydroxyl groups excluding tert-OH is 1. The van der Waals surface area contributed by atoms with Crippen LogP contribution in [0.15, 0.2) is 65.9 Å². The zero-order valence-corrected chi connectivity index (χ0v) is 28.0. The van der Waals surface area contributed by atoms with Crippen molar-refractivity contribution in [2.45, 2.75) is 63.3 Å². The molecule has 1 N–H and O–H groups in total. The first-order valence-corrected chi connectivity index (χ1v) is 16.0. The van der Waals surface area contributed by atoms with Crippen molar-refractivity contribution in [2.75, 3.05) is 13.7 Å². The van der Waals surface area contributed by atoms with Gasteiger partial charge in [0.1, 0.15) is 41.9 Å². The van der Waals surface area contributed by atoms with Gasteiger partial charge in [0.2, 0.25) is 0 Å². The lowest BCUT2D eigenvalue weighted by atomic mass is 9.96. The van der Waals surface area contributed by atoms with Gasteiger partial charge in [-0.15, -0.1) is 5.10 Å². The number of hydrogen-bond acceptors (Lipinski definition) is 13. The Kier molecular flexibility index (Phi) is 11.5. The van der Waals surface area contributed by atoms with Crippen LogP contribution in [0.4, 0.5) is 13.2 Å². The summed E-state index contributed by atoms with van der Waals surface area (Å²) in [4.78, 5) is 38.8. The van der Waals surface area contributed by atoms with Gasteiger partial charge in [-0.3, -0.25) is 14.4 Å². The van der Waals surface area contributed by atoms with E-state index in [0.29, 0.717) is 17.2 Å². The second-order valence-corrected chi connectivity index (χ2v) is 12.4. The van der Waals surface area contributed by atoms with E-state index in [4.69, 9.17) is 23.7 Å². The Labute approximate surface area is 288 Å². The van der Waals surface area contributed by atoms with E-state index in [1.54, 1.807) is 30.4 Å². The SMILES string of the molecule is COc1ccc(CN2C=CC(S[C@H]3OC(COC(C)=O)[C@H](OC(C)=O)C(n4cc(-c5cc(F)c(F)c(F)c5)nn4)C3OC(C)=O)=CC2O)cc1. The van der Waals surface area contributed by atoms with Crippen molar-refractivity contribution in [3.63, 3.8) is 0 Å². The first kappa shape index (κ1) is 36.4. The lowest BCUT2D eigenvalue weighted by Crippen LogP contribution is -2.57. The molecule has 0 aliphatic carbocycles. The molecule has 17 heteroatoms. The van der Waals surface area contributed by atoms with E-state index in [-0.39, 0.29) is 11.3 Å². The second kappa shape index (κ2) is 15.8. The number of hydrogen-bond donors (Lipinski definition) is 1. The number of benzene rings is 2. The highest BCUT2D eigenvalue weighted by molar-refractivity contribution is 8.03. The van der Waals surface area contributed by atoms with E-state index >= 15 is 0 Å². The molecule has 3 aromatic rings. The molecule has 1 saturated heterocycles. The number of aromatic nitrogens is 3. The molecule has 3 heterocycles. The number of nitrogens with zero attached hydrogens (tertiary/aromatic N) is 4. The Morgan fingerprint density at radius 2 is 1.64 bits per heavy atom. The molecule has 0 bridgehead atoms. The van der Waals surface area contributed by atoms with Crippen molar-refractivity contribution in [1.82, 2.24) is 19.9 Å². The van der Waals surface area contributed by atoms with Gasteiger partial charge in [-0.05, 0) is 42.0 Å². The summed E-state index contributed by atoms with van der Waals surface area (Å²) in [6.07, 6.45) is 1.44. The minimum atomic E-state index is -1.66. The van der Waals surface area contributed by atoms with Gasteiger partial charge in [-0.25, -0.2) is 17.9 Å². The van der Waals surface area contributed by atoms with Gasteiger partial charge in [0.25, 0.3) is 0 Å². The lowest BCUT2D eigenvalue weighted by molar-refractivity contribution is -0.212. The van der Waals surface area contributed by atoms with Crippen LogP contribution in [0, 0.1) is 17.5 Å². The topological polar surface area (TPSA) is 152 Å². The molecular weight excluding hydrogens is 685 g/mol. The number of halogens is 3. The largest absolute Gasteiger partial charge is 0.497 e. The van der Waals surface area contributed by atoms with E-state index < -0.39 is 78.0 Å². The molecule has 0 amide bonds. The highest BCUT2D eigenvalue weighted by Gasteiger charge is 2.52. The van der Waals surface area contributed by atoms with Crippen LogP contribution in [0.2, 0.25) is 0 Å². The van der Waals surface area contributed by atoms with Gasteiger partial charge in [0.15, 0.2) is 29.7 Å². The van der Waals surface area contributed by atoms with E-state index in [1.165, 1.54) is 17.8 Å². The quantitative estimate of drug-likeness (QED) is 0.173. The van der Waals surface area contributed by atoms with Gasteiger partial charge < -0.3 is 33.7 Å². The highest BCUT2D eigenvalue weighted by Crippen LogP contribution is 2.42. The number of carbonyl (C=O) groups is 3. The molecule has 2 aliphatic rings. The number of ether oxygens (including phenoxy) is 5. The molecular formula is C33H33F3N4O9S. The zero-order chi connectivity index (χ0) is 36.1. The first-order valence-electron chi connectivity index (χ1n) is 15.2. The smallest absolute Gasteiger partial charge is 0.303 e. The minimum absolute atomic E-state index is 0.0869. The lowest BCUT2D eigenvalue weighted by Gasteiger charge is -2.45. The summed E-state index contributed by atoms with van der Waals surface area (Å²) in [6, 6.07) is 7.62. The van der Waals surface area contributed by atoms with Crippen molar-refractivity contribution in [1.29, 1.82) is 0 Å². The summed E-state index contributed by atoms with van der Waals surface area (Å²) in [5, 5.41) is 19.1. The Morgan fingerprint density at radius 3 is 2.24 bits per heavy atom. The number of esters is 3. The fourth-order valence-electron chi connectivity index (χ4n) is 5.39. The van der Waals surface area contributed by atoms with E-state index in [0.717, 1.165) is 43.3 Å². The standard InChI is InChI=1S/C33H33F3N4O9S/c1-17(41)46-16-27-31(47-18(2)42)30(40-15-26(37-38-40)21-11-24(34)29(36)25(35)12-21)32(48-19(3)43)33(49-27)50-23-9-10-39(28(44)13-23)14-20-5-7-22(45-4)8-6-20/h5-13,15,27-28,30-33,44H,14,16H2,1-4H3/t27?,28?,30?,31-,32?,33+/m0/s1. The molecule has 2 aliphatic heterocycles. The van der Waals surface area contributed by atoms with Gasteiger partial charge in [-0.2, -0.15) is 0 Å². The molecule has 0 saturated carbocycles. The average Bonchev–Trinajstić information content (AvgIpc) is 3.55. The van der Waals surface area contributed by atoms with Crippen LogP contribution >= 0.6 is 11.8 Å². The molecule has 5 rings (SSSR count). The maximum Gasteiger partial charge on any atom is 0.303 e. The van der Waals surface area contributed by atoms with Crippen LogP contribution in [0.1, 0.15) is 32.4 Å². The molecule has 6 atom stereocenters. The predicted octanol–water partition coefficient (Wildman–Crippen LogP) is 4.03. The summed E-state index contributed by atoms with van der Waals surface area (Å²) in [5.74, 6) is -6.02. The molecule has 13 nitrogen and oxygen atoms in total. The fraction of sp³-hybridized carbons (Fsp3) is 0.364. The number of thioether (sulfide) groups is 1. The van der Waals surface area contributed by atoms with Gasteiger partial charge >= 0.3 is 17.9 Å². The first-order chi connectivity index (χ1) is 23.8. The summed E-state index contributed by atoms with van der Waals surface area (Å²) in [7, 11) is 1.57. The zero-order valence-electron chi connectivity index (χ0n) is 27.2. The van der Waals surface area contributed by atoms with Crippen molar-refractivity contribution < 1.29 is 56.3 Å². The normalized spacial score (nSPS) is 23.2. The van der Waals surface area contributed by atoms with Crippen LogP contribution in [-0.4, -0.2) is 86.6 Å². The van der Waals surface area contributed by atoms with Gasteiger partial charge in [0.05, 0.1) is 13.3 Å². The van der Waals surface area contributed by atoms with E-state index in [9.17, 15) is 32.7 Å². The fourth-order valence-corrected chi connectivity index (χ4v) is 6.55. The predicted molar refractivity (Wildman–Crippen MR) is 170 cm³/mol. The third-order valence-electron chi connectivity index (χ3n) is 7.63. The number of allylic oxidation sites excluding steroid dienone is 1. The van der Waals surface area contributed by atoms with Crippen molar-refractivity contribution in [2.24, 2.45) is 0 Å². The maximum atomic E-state index is 14.1. The molecule has 4 unspecified atom stereocenters. The summed E-state index contributed by atoms with van der Waals surface area (Å²) in [5.41, 5.74) is -0.409. The molecule has 0 spiro atoms. The molecule has 2 aromatic carbocycles. The third-order valence-corrected chi connectivity index (χ3v) is 8.78. The second-order valence-electron chi connectivity index (χ2n) is 11.3. The van der Waals surface area contributed by atoms with Crippen LogP contribution in [-0.2, 0) is 39.9 Å². The maximum absolute atomic E-state index is 14.1. The van der Waals surface area contributed by atoms with E-state index in [1.807, 2.05) is 24.3 Å². The van der Waals surface area contributed by atoms with Gasteiger partial charge in [0, 0.05) is 44.0 Å². The number of carbonyl (C=O) groups excluding carboxylic acids is 3. The van der Waals surface area contributed by atoms with Crippen LogP contribution < -0.4 is 4.74 Å². The molecule has 0 radical (unpaired) electrons. The van der Waals surface area contributed by atoms with Crippen molar-refractivity contribution in [3.05, 3.63) is 88.9 Å². The Balaban J connectivity index is 1.48. The monoisotopic (exact) mass is 718 g/mol. The van der Waals surface area contributed by atoms with Crippen LogP contribution in [0.3, 0.4) is 0 Å².